The van der Waals surface area contributed by atoms with Crippen LogP contribution < -0.4 is 15.4 Å². The van der Waals surface area contributed by atoms with E-state index in [-0.39, 0.29) is 17.7 Å². The topological polar surface area (TPSA) is 67.4 Å². The molecule has 5 nitrogen and oxygen atoms in total. The van der Waals surface area contributed by atoms with Crippen LogP contribution in [-0.4, -0.2) is 17.9 Å². The van der Waals surface area contributed by atoms with E-state index in [1.54, 1.807) is 63.2 Å². The highest BCUT2D eigenvalue weighted by atomic mass is 35.5. The van der Waals surface area contributed by atoms with E-state index >= 15 is 0 Å². The van der Waals surface area contributed by atoms with Gasteiger partial charge in [-0.2, -0.15) is 0 Å². The number of para-hydroxylation sites is 2. The molecule has 138 valence electrons. The first-order chi connectivity index (χ1) is 12.3. The number of ether oxygens (including phenoxy) is 1. The molecule has 0 aliphatic heterocycles. The van der Waals surface area contributed by atoms with Crippen LogP contribution >= 0.6 is 23.2 Å². The first-order valence-electron chi connectivity index (χ1n) is 8.09. The lowest BCUT2D eigenvalue weighted by atomic mass is 10.2. The molecule has 0 aliphatic carbocycles. The SMILES string of the molecule is CC(C)C(=O)Nc1ccccc1OC(C)C(=O)Nc1cc(Cl)cc(Cl)c1. The summed E-state index contributed by atoms with van der Waals surface area (Å²) in [4.78, 5) is 24.3. The van der Waals surface area contributed by atoms with E-state index < -0.39 is 6.10 Å². The van der Waals surface area contributed by atoms with Gasteiger partial charge in [0.1, 0.15) is 5.75 Å². The molecule has 2 N–H and O–H groups in total. The average Bonchev–Trinajstić information content (AvgIpc) is 2.55. The van der Waals surface area contributed by atoms with Crippen LogP contribution in [0.1, 0.15) is 20.8 Å². The molecule has 7 heteroatoms. The van der Waals surface area contributed by atoms with Crippen LogP contribution in [0.15, 0.2) is 42.5 Å². The third kappa shape index (κ3) is 5.64. The number of hydrogen-bond acceptors (Lipinski definition) is 3. The van der Waals surface area contributed by atoms with Crippen molar-refractivity contribution in [3.8, 4) is 5.75 Å². The Morgan fingerprint density at radius 2 is 1.54 bits per heavy atom. The standard InChI is InChI=1S/C19H20Cl2N2O3/c1-11(2)18(24)23-16-6-4-5-7-17(16)26-12(3)19(25)22-15-9-13(20)8-14(21)10-15/h4-12H,1-3H3,(H,22,25)(H,23,24). The molecule has 1 atom stereocenters. The number of carbonyl (C=O) groups is 2. The Balaban J connectivity index is 2.08. The van der Waals surface area contributed by atoms with Crippen molar-refractivity contribution in [1.29, 1.82) is 0 Å². The number of nitrogens with one attached hydrogen (secondary N) is 2. The van der Waals surface area contributed by atoms with Gasteiger partial charge in [-0.15, -0.1) is 0 Å². The lowest BCUT2D eigenvalue weighted by Crippen LogP contribution is -2.30. The smallest absolute Gasteiger partial charge is 0.265 e. The molecule has 0 fully saturated rings. The van der Waals surface area contributed by atoms with E-state index in [1.807, 2.05) is 0 Å². The summed E-state index contributed by atoms with van der Waals surface area (Å²) in [6, 6.07) is 11.7. The summed E-state index contributed by atoms with van der Waals surface area (Å²) in [6.07, 6.45) is -0.801. The van der Waals surface area contributed by atoms with Crippen LogP contribution in [0.5, 0.6) is 5.75 Å². The van der Waals surface area contributed by atoms with Gasteiger partial charge in [-0.3, -0.25) is 9.59 Å². The Hall–Kier alpha value is -2.24. The Bertz CT molecular complexity index is 789. The second kappa shape index (κ2) is 8.92. The Kier molecular flexibility index (Phi) is 6.89. The van der Waals surface area contributed by atoms with Crippen LogP contribution in [0.2, 0.25) is 10.0 Å². The number of hydrogen-bond donors (Lipinski definition) is 2. The summed E-state index contributed by atoms with van der Waals surface area (Å²) < 4.78 is 5.73. The van der Waals surface area contributed by atoms with Crippen LogP contribution in [0.4, 0.5) is 11.4 Å². The van der Waals surface area contributed by atoms with Crippen LogP contribution in [0.3, 0.4) is 0 Å². The monoisotopic (exact) mass is 394 g/mol. The third-order valence-corrected chi connectivity index (χ3v) is 3.91. The molecule has 0 saturated carbocycles. The summed E-state index contributed by atoms with van der Waals surface area (Å²) in [6.45, 7) is 5.21. The lowest BCUT2D eigenvalue weighted by Gasteiger charge is -2.18. The predicted molar refractivity (Wildman–Crippen MR) is 105 cm³/mol. The molecular formula is C19H20Cl2N2O3. The molecular weight excluding hydrogens is 375 g/mol. The highest BCUT2D eigenvalue weighted by Gasteiger charge is 2.18. The van der Waals surface area contributed by atoms with E-state index in [1.165, 1.54) is 0 Å². The van der Waals surface area contributed by atoms with Gasteiger partial charge in [0.2, 0.25) is 5.91 Å². The second-order valence-electron chi connectivity index (χ2n) is 6.05. The molecule has 0 radical (unpaired) electrons. The number of carbonyl (C=O) groups excluding carboxylic acids is 2. The second-order valence-corrected chi connectivity index (χ2v) is 6.92. The van der Waals surface area contributed by atoms with Gasteiger partial charge in [-0.05, 0) is 37.3 Å². The first kappa shape index (κ1) is 20.1. The average molecular weight is 395 g/mol. The molecule has 0 heterocycles. The molecule has 0 aliphatic rings. The highest BCUT2D eigenvalue weighted by Crippen LogP contribution is 2.26. The van der Waals surface area contributed by atoms with Crippen molar-refractivity contribution in [2.45, 2.75) is 26.9 Å². The number of benzene rings is 2. The van der Waals surface area contributed by atoms with Crippen molar-refractivity contribution in [2.75, 3.05) is 10.6 Å². The van der Waals surface area contributed by atoms with Gasteiger partial charge in [-0.1, -0.05) is 49.2 Å². The van der Waals surface area contributed by atoms with Gasteiger partial charge < -0.3 is 15.4 Å². The summed E-state index contributed by atoms with van der Waals surface area (Å²) >= 11 is 11.9. The quantitative estimate of drug-likeness (QED) is 0.724. The molecule has 0 bridgehead atoms. The minimum Gasteiger partial charge on any atom is -0.479 e. The normalized spacial score (nSPS) is 11.8. The van der Waals surface area contributed by atoms with E-state index in [4.69, 9.17) is 27.9 Å². The summed E-state index contributed by atoms with van der Waals surface area (Å²) in [5.41, 5.74) is 0.987. The number of halogens is 2. The van der Waals surface area contributed by atoms with Crippen molar-refractivity contribution in [3.63, 3.8) is 0 Å². The largest absolute Gasteiger partial charge is 0.479 e. The maximum atomic E-state index is 12.4. The fraction of sp³-hybridized carbons (Fsp3) is 0.263. The van der Waals surface area contributed by atoms with E-state index in [9.17, 15) is 9.59 Å². The fourth-order valence-corrected chi connectivity index (χ4v) is 2.59. The van der Waals surface area contributed by atoms with Crippen molar-refractivity contribution in [3.05, 3.63) is 52.5 Å². The van der Waals surface area contributed by atoms with Crippen LogP contribution in [-0.2, 0) is 9.59 Å². The molecule has 0 spiro atoms. The zero-order valence-electron chi connectivity index (χ0n) is 14.7. The van der Waals surface area contributed by atoms with Crippen LogP contribution in [0, 0.1) is 5.92 Å². The van der Waals surface area contributed by atoms with Gasteiger partial charge >= 0.3 is 0 Å². The van der Waals surface area contributed by atoms with E-state index in [0.29, 0.717) is 27.2 Å². The van der Waals surface area contributed by atoms with Crippen LogP contribution in [0.25, 0.3) is 0 Å². The highest BCUT2D eigenvalue weighted by molar-refractivity contribution is 6.35. The maximum Gasteiger partial charge on any atom is 0.265 e. The zero-order chi connectivity index (χ0) is 19.3. The Labute approximate surface area is 162 Å². The van der Waals surface area contributed by atoms with E-state index in [0.717, 1.165) is 0 Å². The van der Waals surface area contributed by atoms with Gasteiger partial charge in [0, 0.05) is 21.7 Å². The van der Waals surface area contributed by atoms with Gasteiger partial charge in [0.05, 0.1) is 5.69 Å². The minimum absolute atomic E-state index is 0.133. The molecule has 0 aromatic heterocycles. The zero-order valence-corrected chi connectivity index (χ0v) is 16.2. The van der Waals surface area contributed by atoms with Gasteiger partial charge in [-0.25, -0.2) is 0 Å². The molecule has 1 unspecified atom stereocenters. The maximum absolute atomic E-state index is 12.4. The minimum atomic E-state index is -0.801. The molecule has 0 saturated heterocycles. The van der Waals surface area contributed by atoms with Gasteiger partial charge in [0.25, 0.3) is 5.91 Å². The number of amides is 2. The summed E-state index contributed by atoms with van der Waals surface area (Å²) in [7, 11) is 0. The molecule has 2 aromatic rings. The van der Waals surface area contributed by atoms with Crippen molar-refractivity contribution in [2.24, 2.45) is 5.92 Å². The van der Waals surface area contributed by atoms with Crippen molar-refractivity contribution < 1.29 is 14.3 Å². The Morgan fingerprint density at radius 1 is 0.923 bits per heavy atom. The molecule has 26 heavy (non-hydrogen) atoms. The fourth-order valence-electron chi connectivity index (χ4n) is 2.06. The molecule has 2 amide bonds. The van der Waals surface area contributed by atoms with E-state index in [2.05, 4.69) is 10.6 Å². The summed E-state index contributed by atoms with van der Waals surface area (Å²) in [5.74, 6) is -0.260. The van der Waals surface area contributed by atoms with Crippen molar-refractivity contribution in [1.82, 2.24) is 0 Å². The number of rotatable bonds is 6. The lowest BCUT2D eigenvalue weighted by molar-refractivity contribution is -0.122. The molecule has 2 aromatic carbocycles. The molecule has 2 rings (SSSR count). The van der Waals surface area contributed by atoms with Crippen molar-refractivity contribution >= 4 is 46.4 Å². The summed E-state index contributed by atoms with van der Waals surface area (Å²) in [5, 5.41) is 6.33. The third-order valence-electron chi connectivity index (χ3n) is 3.47. The predicted octanol–water partition coefficient (Wildman–Crippen LogP) is 4.99. The van der Waals surface area contributed by atoms with Gasteiger partial charge in [0.15, 0.2) is 6.10 Å². The Morgan fingerprint density at radius 3 is 2.15 bits per heavy atom. The number of anilines is 2. The first-order valence-corrected chi connectivity index (χ1v) is 8.85.